The monoisotopic (exact) mass is 357 g/mol. The van der Waals surface area contributed by atoms with Gasteiger partial charge < -0.3 is 20.1 Å². The summed E-state index contributed by atoms with van der Waals surface area (Å²) < 4.78 is 24.3. The van der Waals surface area contributed by atoms with Crippen LogP contribution < -0.4 is 5.73 Å². The molecular weight excluding hydrogens is 337 g/mol. The van der Waals surface area contributed by atoms with Gasteiger partial charge in [-0.1, -0.05) is 6.08 Å². The van der Waals surface area contributed by atoms with Crippen LogP contribution in [0.4, 0.5) is 9.18 Å². The van der Waals surface area contributed by atoms with Crippen molar-refractivity contribution < 1.29 is 33.1 Å². The summed E-state index contributed by atoms with van der Waals surface area (Å²) in [6.07, 6.45) is -0.290. The van der Waals surface area contributed by atoms with E-state index in [1.165, 1.54) is 4.90 Å². The lowest BCUT2D eigenvalue weighted by Crippen LogP contribution is -2.48. The van der Waals surface area contributed by atoms with Crippen LogP contribution in [0.2, 0.25) is 0 Å². The maximum Gasteiger partial charge on any atom is 0.371 e. The van der Waals surface area contributed by atoms with E-state index in [0.29, 0.717) is 31.6 Å². The lowest BCUT2D eigenvalue weighted by molar-refractivity contribution is -0.227. The Balaban J connectivity index is 1.62. The van der Waals surface area contributed by atoms with Crippen LogP contribution in [-0.2, 0) is 23.9 Å². The Bertz CT molecular complexity index is 606. The average Bonchev–Trinajstić information content (AvgIpc) is 2.80. The van der Waals surface area contributed by atoms with Crippen molar-refractivity contribution in [1.29, 1.82) is 0 Å². The predicted octanol–water partition coefficient (Wildman–Crippen LogP) is -0.144. The third kappa shape index (κ3) is 3.45. The maximum absolute atomic E-state index is 14.1. The van der Waals surface area contributed by atoms with E-state index in [1.807, 2.05) is 0 Å². The Morgan fingerprint density at radius 2 is 2.08 bits per heavy atom. The van der Waals surface area contributed by atoms with Crippen LogP contribution in [0.3, 0.4) is 0 Å². The van der Waals surface area contributed by atoms with Gasteiger partial charge in [-0.25, -0.2) is 18.8 Å². The number of urea groups is 1. The summed E-state index contributed by atoms with van der Waals surface area (Å²) in [6.45, 7) is 2.66. The molecule has 0 aromatic rings. The number of ether oxygens (including phenoxy) is 2. The number of halogens is 1. The number of hydroxylamine groups is 2. The minimum absolute atomic E-state index is 0.130. The van der Waals surface area contributed by atoms with Crippen molar-refractivity contribution in [3.05, 3.63) is 11.6 Å². The lowest BCUT2D eigenvalue weighted by Gasteiger charge is -2.27. The molecule has 3 atom stereocenters. The summed E-state index contributed by atoms with van der Waals surface area (Å²) in [6, 6.07) is -2.22. The Kier molecular flexibility index (Phi) is 4.91. The summed E-state index contributed by atoms with van der Waals surface area (Å²) >= 11 is 0. The number of amides is 3. The van der Waals surface area contributed by atoms with Gasteiger partial charge in [0.1, 0.15) is 12.1 Å². The van der Waals surface area contributed by atoms with Crippen molar-refractivity contribution in [1.82, 2.24) is 9.96 Å². The quantitative estimate of drug-likeness (QED) is 0.541. The van der Waals surface area contributed by atoms with E-state index in [0.717, 1.165) is 5.06 Å². The van der Waals surface area contributed by atoms with Gasteiger partial charge in [-0.3, -0.25) is 4.79 Å². The number of nitrogens with two attached hydrogens (primary N) is 1. The fourth-order valence-corrected chi connectivity index (χ4v) is 3.25. The van der Waals surface area contributed by atoms with Gasteiger partial charge in [0.25, 0.3) is 0 Å². The fourth-order valence-electron chi connectivity index (χ4n) is 3.25. The van der Waals surface area contributed by atoms with Gasteiger partial charge in [0.2, 0.25) is 5.91 Å². The van der Waals surface area contributed by atoms with Gasteiger partial charge in [-0.2, -0.15) is 5.06 Å². The van der Waals surface area contributed by atoms with Crippen LogP contribution >= 0.6 is 0 Å². The van der Waals surface area contributed by atoms with Crippen molar-refractivity contribution in [3.8, 4) is 0 Å². The third-order valence-corrected chi connectivity index (χ3v) is 4.43. The summed E-state index contributed by atoms with van der Waals surface area (Å²) in [5.74, 6) is -1.87. The second kappa shape index (κ2) is 6.96. The summed E-state index contributed by atoms with van der Waals surface area (Å²) in [5.41, 5.74) is 5.88. The van der Waals surface area contributed by atoms with E-state index in [-0.39, 0.29) is 6.54 Å². The Morgan fingerprint density at radius 3 is 2.72 bits per heavy atom. The molecule has 0 saturated carbocycles. The molecule has 3 aliphatic rings. The van der Waals surface area contributed by atoms with Crippen LogP contribution in [0.25, 0.3) is 0 Å². The van der Waals surface area contributed by atoms with E-state index in [4.69, 9.17) is 20.0 Å². The number of fused-ring (bicyclic) bond motifs is 2. The first-order chi connectivity index (χ1) is 11.9. The molecule has 138 valence electrons. The van der Waals surface area contributed by atoms with Gasteiger partial charge in [-0.05, 0) is 12.5 Å². The molecule has 3 heterocycles. The molecule has 3 aliphatic heterocycles. The molecule has 25 heavy (non-hydrogen) atoms. The van der Waals surface area contributed by atoms with E-state index in [2.05, 4.69) is 0 Å². The molecule has 3 rings (SSSR count). The highest BCUT2D eigenvalue weighted by molar-refractivity contribution is 5.90. The first kappa shape index (κ1) is 17.6. The topological polar surface area (TPSA) is 111 Å². The third-order valence-electron chi connectivity index (χ3n) is 4.43. The van der Waals surface area contributed by atoms with Crippen LogP contribution in [0, 0.1) is 0 Å². The van der Waals surface area contributed by atoms with E-state index < -0.39 is 42.5 Å². The van der Waals surface area contributed by atoms with Crippen LogP contribution in [0.15, 0.2) is 11.6 Å². The summed E-state index contributed by atoms with van der Waals surface area (Å²) in [4.78, 5) is 41.8. The molecule has 9 nitrogen and oxygen atoms in total. The van der Waals surface area contributed by atoms with E-state index in [1.54, 1.807) is 13.0 Å². The first-order valence-corrected chi connectivity index (χ1v) is 8.05. The largest absolute Gasteiger partial charge is 0.458 e. The second-order valence-corrected chi connectivity index (χ2v) is 6.21. The minimum Gasteiger partial charge on any atom is -0.458 e. The number of nitrogens with zero attached hydrogens (tertiary/aromatic N) is 2. The fraction of sp³-hybridized carbons (Fsp3) is 0.667. The molecule has 1 unspecified atom stereocenters. The summed E-state index contributed by atoms with van der Waals surface area (Å²) in [7, 11) is 0. The minimum atomic E-state index is -2.44. The molecular formula is C15H20FN3O6. The molecule has 2 bridgehead atoms. The number of primary amides is 1. The highest BCUT2D eigenvalue weighted by atomic mass is 19.1. The van der Waals surface area contributed by atoms with Crippen molar-refractivity contribution in [2.75, 3.05) is 19.8 Å². The Labute approximate surface area is 143 Å². The van der Waals surface area contributed by atoms with Crippen molar-refractivity contribution in [2.24, 2.45) is 5.73 Å². The van der Waals surface area contributed by atoms with Crippen molar-refractivity contribution in [3.63, 3.8) is 0 Å². The first-order valence-electron chi connectivity index (χ1n) is 8.05. The summed E-state index contributed by atoms with van der Waals surface area (Å²) in [5, 5.41) is 0.752. The van der Waals surface area contributed by atoms with Crippen molar-refractivity contribution in [2.45, 2.75) is 44.3 Å². The zero-order valence-electron chi connectivity index (χ0n) is 13.7. The Morgan fingerprint density at radius 1 is 1.40 bits per heavy atom. The molecule has 2 saturated heterocycles. The zero-order valence-corrected chi connectivity index (χ0v) is 13.7. The van der Waals surface area contributed by atoms with Crippen LogP contribution in [-0.4, -0.2) is 72.2 Å². The average molecular weight is 357 g/mol. The number of carbonyl (C=O) groups excluding carboxylic acids is 3. The van der Waals surface area contributed by atoms with Gasteiger partial charge in [-0.15, -0.1) is 0 Å². The molecule has 0 radical (unpaired) electrons. The second-order valence-electron chi connectivity index (χ2n) is 6.21. The maximum atomic E-state index is 14.1. The van der Waals surface area contributed by atoms with Gasteiger partial charge in [0.05, 0.1) is 25.8 Å². The Hall–Kier alpha value is -2.20. The number of alkyl halides is 1. The number of esters is 1. The normalized spacial score (nSPS) is 27.9. The van der Waals surface area contributed by atoms with Gasteiger partial charge in [0.15, 0.2) is 0 Å². The number of carbonyl (C=O) groups is 3. The molecule has 0 aliphatic carbocycles. The highest BCUT2D eigenvalue weighted by Crippen LogP contribution is 2.30. The smallest absolute Gasteiger partial charge is 0.371 e. The SMILES string of the molecule is CC1=C[C@H]2CN(C(=O)N2OC(F)C(=O)OC2CCOCC2)[C@@H]1C(N)=O. The molecule has 0 aromatic carbocycles. The molecule has 2 N–H and O–H groups in total. The molecule has 0 spiro atoms. The molecule has 3 amide bonds. The lowest BCUT2D eigenvalue weighted by atomic mass is 10.0. The van der Waals surface area contributed by atoms with Crippen LogP contribution in [0.1, 0.15) is 19.8 Å². The van der Waals surface area contributed by atoms with Gasteiger partial charge in [0, 0.05) is 12.8 Å². The number of hydrogen-bond acceptors (Lipinski definition) is 6. The van der Waals surface area contributed by atoms with Crippen LogP contribution in [0.5, 0.6) is 0 Å². The molecule has 2 fully saturated rings. The molecule has 0 aromatic heterocycles. The number of rotatable bonds is 5. The zero-order chi connectivity index (χ0) is 18.1. The molecule has 10 heteroatoms. The van der Waals surface area contributed by atoms with Gasteiger partial charge >= 0.3 is 18.4 Å². The number of hydrogen-bond donors (Lipinski definition) is 1. The van der Waals surface area contributed by atoms with Crippen molar-refractivity contribution >= 4 is 17.9 Å². The van der Waals surface area contributed by atoms with E-state index in [9.17, 15) is 18.8 Å². The highest BCUT2D eigenvalue weighted by Gasteiger charge is 2.48. The predicted molar refractivity (Wildman–Crippen MR) is 80.4 cm³/mol. The van der Waals surface area contributed by atoms with E-state index >= 15 is 0 Å². The standard InChI is InChI=1S/C15H20FN3O6/c1-8-6-9-7-18(11(8)13(17)20)15(22)19(9)25-12(16)14(21)24-10-2-4-23-5-3-10/h6,9-12H,2-5,7H2,1H3,(H2,17,20)/t9-,11-,12?/m0/s1.